The molecule has 0 aromatic heterocycles. The van der Waals surface area contributed by atoms with E-state index in [4.69, 9.17) is 4.74 Å². The van der Waals surface area contributed by atoms with Gasteiger partial charge in [0, 0.05) is 19.2 Å². The lowest BCUT2D eigenvalue weighted by molar-refractivity contribution is 0.0631. The fourth-order valence-corrected chi connectivity index (χ4v) is 1.67. The van der Waals surface area contributed by atoms with Gasteiger partial charge in [-0.3, -0.25) is 0 Å². The lowest BCUT2D eigenvalue weighted by Gasteiger charge is -2.15. The quantitative estimate of drug-likeness (QED) is 0.699. The highest BCUT2D eigenvalue weighted by molar-refractivity contribution is 5.14. The molecule has 96 valence electrons. The second kappa shape index (κ2) is 8.26. The molecular weight excluding hydrogens is 210 g/mol. The van der Waals surface area contributed by atoms with Crippen molar-refractivity contribution in [2.45, 2.75) is 45.8 Å². The predicted octanol–water partition coefficient (Wildman–Crippen LogP) is 3.02. The van der Waals surface area contributed by atoms with Crippen LogP contribution in [-0.2, 0) is 11.2 Å². The van der Waals surface area contributed by atoms with Crippen molar-refractivity contribution in [3.63, 3.8) is 0 Å². The molecule has 0 fully saturated rings. The van der Waals surface area contributed by atoms with Gasteiger partial charge in [0.15, 0.2) is 0 Å². The van der Waals surface area contributed by atoms with Gasteiger partial charge in [-0.25, -0.2) is 0 Å². The maximum atomic E-state index is 5.75. The molecule has 0 amide bonds. The van der Waals surface area contributed by atoms with Crippen molar-refractivity contribution < 1.29 is 4.74 Å². The van der Waals surface area contributed by atoms with Gasteiger partial charge in [0.2, 0.25) is 0 Å². The van der Waals surface area contributed by atoms with Crippen LogP contribution in [0.1, 0.15) is 32.8 Å². The Hall–Kier alpha value is -0.860. The largest absolute Gasteiger partial charge is 0.377 e. The van der Waals surface area contributed by atoms with E-state index in [0.29, 0.717) is 12.1 Å². The first-order chi connectivity index (χ1) is 8.18. The summed E-state index contributed by atoms with van der Waals surface area (Å²) in [5.41, 5.74) is 1.39. The monoisotopic (exact) mass is 235 g/mol. The van der Waals surface area contributed by atoms with Crippen molar-refractivity contribution in [2.75, 3.05) is 13.2 Å². The lowest BCUT2D eigenvalue weighted by atomic mass is 10.1. The number of ether oxygens (including phenoxy) is 1. The highest BCUT2D eigenvalue weighted by Crippen LogP contribution is 2.03. The molecule has 1 atom stereocenters. The summed E-state index contributed by atoms with van der Waals surface area (Å²) in [5.74, 6) is 0. The molecule has 0 aliphatic carbocycles. The number of benzene rings is 1. The second-order valence-electron chi connectivity index (χ2n) is 4.83. The van der Waals surface area contributed by atoms with Gasteiger partial charge < -0.3 is 10.1 Å². The van der Waals surface area contributed by atoms with Crippen LogP contribution in [0.3, 0.4) is 0 Å². The highest BCUT2D eigenvalue weighted by Gasteiger charge is 2.02. The molecule has 0 spiro atoms. The van der Waals surface area contributed by atoms with Crippen molar-refractivity contribution in [2.24, 2.45) is 0 Å². The average Bonchev–Trinajstić information content (AvgIpc) is 2.33. The van der Waals surface area contributed by atoms with Crippen LogP contribution in [0.5, 0.6) is 0 Å². The van der Waals surface area contributed by atoms with Gasteiger partial charge in [-0.05, 0) is 25.3 Å². The van der Waals surface area contributed by atoms with Crippen LogP contribution in [0.2, 0.25) is 0 Å². The van der Waals surface area contributed by atoms with Crippen LogP contribution < -0.4 is 5.32 Å². The number of aryl methyl sites for hydroxylation is 1. The van der Waals surface area contributed by atoms with Crippen molar-refractivity contribution in [1.82, 2.24) is 5.32 Å². The number of hydrogen-bond acceptors (Lipinski definition) is 2. The maximum absolute atomic E-state index is 5.75. The van der Waals surface area contributed by atoms with Gasteiger partial charge in [0.1, 0.15) is 0 Å². The van der Waals surface area contributed by atoms with Crippen LogP contribution >= 0.6 is 0 Å². The van der Waals surface area contributed by atoms with Crippen LogP contribution in [0.25, 0.3) is 0 Å². The van der Waals surface area contributed by atoms with Crippen LogP contribution in [0.15, 0.2) is 30.3 Å². The molecule has 17 heavy (non-hydrogen) atoms. The molecule has 0 saturated carbocycles. The zero-order valence-corrected chi connectivity index (χ0v) is 11.3. The Balaban J connectivity index is 2.04. The molecule has 1 N–H and O–H groups in total. The maximum Gasteiger partial charge on any atom is 0.0671 e. The fraction of sp³-hybridized carbons (Fsp3) is 0.600. The summed E-state index contributed by atoms with van der Waals surface area (Å²) in [6, 6.07) is 11.1. The van der Waals surface area contributed by atoms with E-state index >= 15 is 0 Å². The van der Waals surface area contributed by atoms with E-state index in [1.54, 1.807) is 0 Å². The van der Waals surface area contributed by atoms with Crippen molar-refractivity contribution in [3.05, 3.63) is 35.9 Å². The Labute approximate surface area is 105 Å². The number of rotatable bonds is 8. The zero-order valence-electron chi connectivity index (χ0n) is 11.3. The van der Waals surface area contributed by atoms with Gasteiger partial charge >= 0.3 is 0 Å². The summed E-state index contributed by atoms with van der Waals surface area (Å²) in [7, 11) is 0. The molecule has 0 radical (unpaired) electrons. The molecular formula is C15H25NO. The minimum atomic E-state index is 0.299. The second-order valence-corrected chi connectivity index (χ2v) is 4.83. The fourth-order valence-electron chi connectivity index (χ4n) is 1.67. The Morgan fingerprint density at radius 2 is 1.82 bits per heavy atom. The Morgan fingerprint density at radius 1 is 1.12 bits per heavy atom. The summed E-state index contributed by atoms with van der Waals surface area (Å²) in [4.78, 5) is 0. The molecule has 1 unspecified atom stereocenters. The Bertz CT molecular complexity index is 284. The van der Waals surface area contributed by atoms with Crippen molar-refractivity contribution in [3.8, 4) is 0 Å². The summed E-state index contributed by atoms with van der Waals surface area (Å²) < 4.78 is 5.75. The van der Waals surface area contributed by atoms with E-state index in [-0.39, 0.29) is 0 Å². The van der Waals surface area contributed by atoms with Crippen LogP contribution in [-0.4, -0.2) is 25.3 Å². The zero-order chi connectivity index (χ0) is 12.5. The summed E-state index contributed by atoms with van der Waals surface area (Å²) in [6.07, 6.45) is 2.49. The van der Waals surface area contributed by atoms with Gasteiger partial charge in [0.25, 0.3) is 0 Å². The van der Waals surface area contributed by atoms with E-state index in [2.05, 4.69) is 56.4 Å². The van der Waals surface area contributed by atoms with E-state index in [1.807, 2.05) is 0 Å². The predicted molar refractivity (Wildman–Crippen MR) is 73.3 cm³/mol. The number of hydrogen-bond donors (Lipinski definition) is 1. The minimum Gasteiger partial charge on any atom is -0.377 e. The molecule has 0 heterocycles. The smallest absolute Gasteiger partial charge is 0.0671 e. The van der Waals surface area contributed by atoms with E-state index < -0.39 is 0 Å². The highest BCUT2D eigenvalue weighted by atomic mass is 16.5. The van der Waals surface area contributed by atoms with Gasteiger partial charge in [-0.15, -0.1) is 0 Å². The van der Waals surface area contributed by atoms with Gasteiger partial charge in [-0.2, -0.15) is 0 Å². The van der Waals surface area contributed by atoms with E-state index in [1.165, 1.54) is 5.56 Å². The van der Waals surface area contributed by atoms with E-state index in [9.17, 15) is 0 Å². The first kappa shape index (κ1) is 14.2. The van der Waals surface area contributed by atoms with Gasteiger partial charge in [-0.1, -0.05) is 44.2 Å². The summed E-state index contributed by atoms with van der Waals surface area (Å²) in [5, 5.41) is 3.38. The Kier molecular flexibility index (Phi) is 6.90. The molecule has 1 aromatic carbocycles. The third kappa shape index (κ3) is 7.14. The topological polar surface area (TPSA) is 21.3 Å². The van der Waals surface area contributed by atoms with Gasteiger partial charge in [0.05, 0.1) is 6.10 Å². The third-order valence-corrected chi connectivity index (χ3v) is 2.67. The Morgan fingerprint density at radius 3 is 2.47 bits per heavy atom. The molecule has 1 aromatic rings. The first-order valence-corrected chi connectivity index (χ1v) is 6.57. The SMILES string of the molecule is CC(C)NCC(C)OCCCc1ccccc1. The molecule has 2 nitrogen and oxygen atoms in total. The molecule has 0 saturated heterocycles. The van der Waals surface area contributed by atoms with Crippen molar-refractivity contribution in [1.29, 1.82) is 0 Å². The standard InChI is InChI=1S/C15H25NO/c1-13(2)16-12-14(3)17-11-7-10-15-8-5-4-6-9-15/h4-6,8-9,13-14,16H,7,10-12H2,1-3H3. The van der Waals surface area contributed by atoms with Crippen molar-refractivity contribution >= 4 is 0 Å². The first-order valence-electron chi connectivity index (χ1n) is 6.57. The van der Waals surface area contributed by atoms with Crippen LogP contribution in [0, 0.1) is 0 Å². The molecule has 2 heteroatoms. The van der Waals surface area contributed by atoms with Crippen LogP contribution in [0.4, 0.5) is 0 Å². The minimum absolute atomic E-state index is 0.299. The average molecular weight is 235 g/mol. The molecule has 1 rings (SSSR count). The summed E-state index contributed by atoms with van der Waals surface area (Å²) >= 11 is 0. The van der Waals surface area contributed by atoms with E-state index in [0.717, 1.165) is 26.0 Å². The lowest BCUT2D eigenvalue weighted by Crippen LogP contribution is -2.32. The molecule has 0 aliphatic rings. The molecule has 0 aliphatic heterocycles. The normalized spacial score (nSPS) is 12.9. The number of nitrogens with one attached hydrogen (secondary N) is 1. The molecule has 0 bridgehead atoms. The summed E-state index contributed by atoms with van der Waals surface area (Å²) in [6.45, 7) is 8.21. The third-order valence-electron chi connectivity index (χ3n) is 2.67.